The van der Waals surface area contributed by atoms with E-state index < -0.39 is 17.7 Å². The van der Waals surface area contributed by atoms with Crippen molar-refractivity contribution in [1.82, 2.24) is 0 Å². The first-order chi connectivity index (χ1) is 8.40. The molecular formula is C12H8Cl2F2OS. The van der Waals surface area contributed by atoms with E-state index in [1.165, 1.54) is 13.0 Å². The van der Waals surface area contributed by atoms with Crippen molar-refractivity contribution in [2.45, 2.75) is 13.0 Å². The van der Waals surface area contributed by atoms with Crippen LogP contribution in [0.1, 0.15) is 22.8 Å². The molecule has 1 aromatic heterocycles. The van der Waals surface area contributed by atoms with Crippen molar-refractivity contribution >= 4 is 34.5 Å². The number of aryl methyl sites for hydroxylation is 1. The van der Waals surface area contributed by atoms with Crippen LogP contribution in [0.5, 0.6) is 0 Å². The highest BCUT2D eigenvalue weighted by Gasteiger charge is 2.21. The molecule has 0 radical (unpaired) electrons. The Morgan fingerprint density at radius 3 is 2.33 bits per heavy atom. The molecule has 1 atom stereocenters. The zero-order valence-corrected chi connectivity index (χ0v) is 11.5. The van der Waals surface area contributed by atoms with Crippen molar-refractivity contribution < 1.29 is 13.9 Å². The number of rotatable bonds is 2. The Hall–Kier alpha value is -0.680. The van der Waals surface area contributed by atoms with Gasteiger partial charge in [0.1, 0.15) is 22.1 Å². The van der Waals surface area contributed by atoms with Gasteiger partial charge in [-0.3, -0.25) is 0 Å². The lowest BCUT2D eigenvalue weighted by atomic mass is 10.0. The van der Waals surface area contributed by atoms with Gasteiger partial charge in [0.05, 0.1) is 4.34 Å². The zero-order valence-electron chi connectivity index (χ0n) is 9.18. The van der Waals surface area contributed by atoms with Crippen molar-refractivity contribution in [2.24, 2.45) is 0 Å². The summed E-state index contributed by atoms with van der Waals surface area (Å²) in [6, 6.07) is 3.45. The molecule has 0 aliphatic heterocycles. The van der Waals surface area contributed by atoms with E-state index in [4.69, 9.17) is 23.2 Å². The van der Waals surface area contributed by atoms with Crippen molar-refractivity contribution in [1.29, 1.82) is 0 Å². The average Bonchev–Trinajstić information content (AvgIpc) is 2.62. The van der Waals surface area contributed by atoms with Crippen LogP contribution in [0.3, 0.4) is 0 Å². The van der Waals surface area contributed by atoms with Gasteiger partial charge in [0.2, 0.25) is 0 Å². The maximum Gasteiger partial charge on any atom is 0.129 e. The Morgan fingerprint density at radius 2 is 1.78 bits per heavy atom. The van der Waals surface area contributed by atoms with Gasteiger partial charge in [-0.15, -0.1) is 11.3 Å². The molecule has 1 N–H and O–H groups in total. The van der Waals surface area contributed by atoms with E-state index >= 15 is 0 Å². The second-order valence-electron chi connectivity index (χ2n) is 3.80. The Kier molecular flexibility index (Phi) is 3.92. The molecule has 0 fully saturated rings. The Balaban J connectivity index is 2.49. The summed E-state index contributed by atoms with van der Waals surface area (Å²) in [7, 11) is 0. The molecule has 0 saturated carbocycles. The van der Waals surface area contributed by atoms with E-state index in [2.05, 4.69) is 0 Å². The Labute approximate surface area is 117 Å². The lowest BCUT2D eigenvalue weighted by Crippen LogP contribution is -2.03. The molecule has 6 heteroatoms. The van der Waals surface area contributed by atoms with E-state index in [0.29, 0.717) is 4.34 Å². The van der Waals surface area contributed by atoms with Gasteiger partial charge in [-0.2, -0.15) is 0 Å². The number of aliphatic hydroxyl groups is 1. The third-order valence-corrected chi connectivity index (χ3v) is 4.07. The molecule has 18 heavy (non-hydrogen) atoms. The molecule has 1 aromatic carbocycles. The van der Waals surface area contributed by atoms with Gasteiger partial charge in [0, 0.05) is 11.1 Å². The van der Waals surface area contributed by atoms with Crippen LogP contribution in [0.4, 0.5) is 8.78 Å². The van der Waals surface area contributed by atoms with E-state index in [-0.39, 0.29) is 21.0 Å². The van der Waals surface area contributed by atoms with E-state index in [0.717, 1.165) is 23.5 Å². The molecule has 0 bridgehead atoms. The van der Waals surface area contributed by atoms with Crippen molar-refractivity contribution in [2.75, 3.05) is 0 Å². The predicted molar refractivity (Wildman–Crippen MR) is 69.5 cm³/mol. The molecule has 0 aliphatic carbocycles. The molecule has 96 valence electrons. The van der Waals surface area contributed by atoms with Crippen molar-refractivity contribution in [3.8, 4) is 0 Å². The van der Waals surface area contributed by atoms with Crippen molar-refractivity contribution in [3.05, 3.63) is 55.2 Å². The number of aliphatic hydroxyl groups excluding tert-OH is 1. The third-order valence-electron chi connectivity index (χ3n) is 2.55. The SMILES string of the molecule is Cc1cc(F)c(C(O)c2cc(Cl)sc2Cl)cc1F. The van der Waals surface area contributed by atoms with Crippen LogP contribution in [0.15, 0.2) is 18.2 Å². The maximum absolute atomic E-state index is 13.7. The number of thiophene rings is 1. The minimum Gasteiger partial charge on any atom is -0.383 e. The number of halogens is 4. The standard InChI is InChI=1S/C12H8Cl2F2OS/c1-5-2-9(16)6(3-8(5)15)11(17)7-4-10(13)18-12(7)14/h2-4,11,17H,1H3. The average molecular weight is 309 g/mol. The summed E-state index contributed by atoms with van der Waals surface area (Å²) >= 11 is 12.7. The molecule has 2 aromatic rings. The van der Waals surface area contributed by atoms with Crippen LogP contribution in [-0.4, -0.2) is 5.11 Å². The zero-order chi connectivity index (χ0) is 13.4. The second kappa shape index (κ2) is 5.13. The Bertz CT molecular complexity index is 598. The molecule has 0 saturated heterocycles. The van der Waals surface area contributed by atoms with Gasteiger partial charge >= 0.3 is 0 Å². The highest BCUT2D eigenvalue weighted by molar-refractivity contribution is 7.20. The molecule has 1 nitrogen and oxygen atoms in total. The van der Waals surface area contributed by atoms with Gasteiger partial charge in [-0.25, -0.2) is 8.78 Å². The first-order valence-electron chi connectivity index (χ1n) is 4.98. The fourth-order valence-electron chi connectivity index (χ4n) is 1.58. The van der Waals surface area contributed by atoms with E-state index in [1.807, 2.05) is 0 Å². The fourth-order valence-corrected chi connectivity index (χ4v) is 3.10. The minimum absolute atomic E-state index is 0.158. The molecule has 0 aliphatic rings. The minimum atomic E-state index is -1.34. The van der Waals surface area contributed by atoms with Gasteiger partial charge in [-0.05, 0) is 30.7 Å². The molecule has 0 amide bonds. The summed E-state index contributed by atoms with van der Waals surface area (Å²) in [5.74, 6) is -1.26. The largest absolute Gasteiger partial charge is 0.383 e. The Morgan fingerprint density at radius 1 is 1.11 bits per heavy atom. The molecule has 2 rings (SSSR count). The summed E-state index contributed by atoms with van der Waals surface area (Å²) in [5, 5.41) is 10.0. The topological polar surface area (TPSA) is 20.2 Å². The van der Waals surface area contributed by atoms with Crippen LogP contribution < -0.4 is 0 Å². The molecule has 0 spiro atoms. The quantitative estimate of drug-likeness (QED) is 0.851. The van der Waals surface area contributed by atoms with Crippen LogP contribution in [0.25, 0.3) is 0 Å². The van der Waals surface area contributed by atoms with Crippen LogP contribution in [0.2, 0.25) is 8.67 Å². The monoisotopic (exact) mass is 308 g/mol. The lowest BCUT2D eigenvalue weighted by Gasteiger charge is -2.12. The molecule has 1 heterocycles. The van der Waals surface area contributed by atoms with Crippen molar-refractivity contribution in [3.63, 3.8) is 0 Å². The number of benzene rings is 1. The third kappa shape index (κ3) is 2.52. The second-order valence-corrected chi connectivity index (χ2v) is 6.09. The van der Waals surface area contributed by atoms with Crippen LogP contribution in [-0.2, 0) is 0 Å². The summed E-state index contributed by atoms with van der Waals surface area (Å²) in [5.41, 5.74) is 0.293. The first-order valence-corrected chi connectivity index (χ1v) is 6.55. The highest BCUT2D eigenvalue weighted by atomic mass is 35.5. The van der Waals surface area contributed by atoms with Gasteiger partial charge in [0.25, 0.3) is 0 Å². The fraction of sp³-hybridized carbons (Fsp3) is 0.167. The van der Waals surface area contributed by atoms with E-state index in [9.17, 15) is 13.9 Å². The first kappa shape index (κ1) is 13.7. The summed E-state index contributed by atoms with van der Waals surface area (Å²) < 4.78 is 27.7. The maximum atomic E-state index is 13.7. The smallest absolute Gasteiger partial charge is 0.129 e. The van der Waals surface area contributed by atoms with E-state index in [1.54, 1.807) is 0 Å². The van der Waals surface area contributed by atoms with Crippen LogP contribution >= 0.6 is 34.5 Å². The van der Waals surface area contributed by atoms with Gasteiger partial charge < -0.3 is 5.11 Å². The highest BCUT2D eigenvalue weighted by Crippen LogP contribution is 2.38. The predicted octanol–water partition coefficient (Wildman–Crippen LogP) is 4.72. The van der Waals surface area contributed by atoms with Gasteiger partial charge in [0.15, 0.2) is 0 Å². The number of hydrogen-bond donors (Lipinski definition) is 1. The summed E-state index contributed by atoms with van der Waals surface area (Å²) in [6.07, 6.45) is -1.34. The molecular weight excluding hydrogens is 301 g/mol. The summed E-state index contributed by atoms with van der Waals surface area (Å²) in [4.78, 5) is 0. The number of hydrogen-bond acceptors (Lipinski definition) is 2. The normalized spacial score (nSPS) is 12.8. The van der Waals surface area contributed by atoms with Crippen LogP contribution in [0, 0.1) is 18.6 Å². The summed E-state index contributed by atoms with van der Waals surface area (Å²) in [6.45, 7) is 1.45. The molecule has 1 unspecified atom stereocenters. The lowest BCUT2D eigenvalue weighted by molar-refractivity contribution is 0.215. The van der Waals surface area contributed by atoms with Gasteiger partial charge in [-0.1, -0.05) is 23.2 Å².